The first-order chi connectivity index (χ1) is 12.8. The Labute approximate surface area is 158 Å². The highest BCUT2D eigenvalue weighted by Crippen LogP contribution is 2.26. The third-order valence-corrected chi connectivity index (χ3v) is 4.52. The minimum Gasteiger partial charge on any atom is -0.372 e. The SMILES string of the molecule is COC(C)(CNC(=O)C(=O)Nc1ccc(C(C)C)cc1)c1ccccc1F. The summed E-state index contributed by atoms with van der Waals surface area (Å²) >= 11 is 0. The van der Waals surface area contributed by atoms with Crippen LogP contribution in [-0.4, -0.2) is 25.5 Å². The fourth-order valence-corrected chi connectivity index (χ4v) is 2.64. The van der Waals surface area contributed by atoms with Crippen LogP contribution in [0.4, 0.5) is 10.1 Å². The van der Waals surface area contributed by atoms with E-state index >= 15 is 0 Å². The van der Waals surface area contributed by atoms with E-state index in [1.807, 2.05) is 12.1 Å². The van der Waals surface area contributed by atoms with Crippen LogP contribution in [0.1, 0.15) is 37.8 Å². The van der Waals surface area contributed by atoms with Crippen molar-refractivity contribution in [2.75, 3.05) is 19.0 Å². The second-order valence-electron chi connectivity index (χ2n) is 6.83. The van der Waals surface area contributed by atoms with Gasteiger partial charge in [0.15, 0.2) is 0 Å². The van der Waals surface area contributed by atoms with E-state index in [0.29, 0.717) is 17.2 Å². The number of carbonyl (C=O) groups is 2. The van der Waals surface area contributed by atoms with Gasteiger partial charge >= 0.3 is 11.8 Å². The van der Waals surface area contributed by atoms with E-state index in [-0.39, 0.29) is 6.54 Å². The van der Waals surface area contributed by atoms with E-state index in [2.05, 4.69) is 24.5 Å². The van der Waals surface area contributed by atoms with Crippen molar-refractivity contribution in [3.8, 4) is 0 Å². The van der Waals surface area contributed by atoms with Gasteiger partial charge in [-0.05, 0) is 36.6 Å². The number of nitrogens with one attached hydrogen (secondary N) is 2. The predicted octanol–water partition coefficient (Wildman–Crippen LogP) is 3.57. The fourth-order valence-electron chi connectivity index (χ4n) is 2.64. The number of carbonyl (C=O) groups excluding carboxylic acids is 2. The molecule has 0 saturated heterocycles. The molecule has 2 aromatic carbocycles. The Morgan fingerprint density at radius 3 is 2.26 bits per heavy atom. The average molecular weight is 372 g/mol. The highest BCUT2D eigenvalue weighted by molar-refractivity contribution is 6.39. The molecule has 0 aromatic heterocycles. The first-order valence-corrected chi connectivity index (χ1v) is 8.76. The number of hydrogen-bond acceptors (Lipinski definition) is 3. The molecule has 0 aliphatic rings. The maximum atomic E-state index is 14.1. The molecule has 2 rings (SSSR count). The lowest BCUT2D eigenvalue weighted by Gasteiger charge is -2.29. The Hall–Kier alpha value is -2.73. The highest BCUT2D eigenvalue weighted by atomic mass is 19.1. The second-order valence-corrected chi connectivity index (χ2v) is 6.83. The average Bonchev–Trinajstić information content (AvgIpc) is 2.66. The zero-order valence-electron chi connectivity index (χ0n) is 16.0. The van der Waals surface area contributed by atoms with Gasteiger partial charge in [-0.15, -0.1) is 0 Å². The minimum absolute atomic E-state index is 0.0526. The Morgan fingerprint density at radius 2 is 1.70 bits per heavy atom. The molecule has 27 heavy (non-hydrogen) atoms. The summed E-state index contributed by atoms with van der Waals surface area (Å²) in [5.74, 6) is -1.67. The Morgan fingerprint density at radius 1 is 1.07 bits per heavy atom. The summed E-state index contributed by atoms with van der Waals surface area (Å²) in [6.45, 7) is 5.74. The zero-order chi connectivity index (χ0) is 20.0. The van der Waals surface area contributed by atoms with Gasteiger partial charge in [0, 0.05) is 18.4 Å². The van der Waals surface area contributed by atoms with Crippen LogP contribution in [0.15, 0.2) is 48.5 Å². The largest absolute Gasteiger partial charge is 0.372 e. The maximum Gasteiger partial charge on any atom is 0.313 e. The standard InChI is InChI=1S/C21H25FN2O3/c1-14(2)15-9-11-16(12-10-15)24-20(26)19(25)23-13-21(3,27-4)17-7-5-6-8-18(17)22/h5-12,14H,13H2,1-4H3,(H,23,25)(H,24,26). The number of methoxy groups -OCH3 is 1. The van der Waals surface area contributed by atoms with Crippen molar-refractivity contribution >= 4 is 17.5 Å². The third-order valence-electron chi connectivity index (χ3n) is 4.52. The van der Waals surface area contributed by atoms with Gasteiger partial charge in [-0.2, -0.15) is 0 Å². The molecule has 0 saturated carbocycles. The van der Waals surface area contributed by atoms with Crippen molar-refractivity contribution in [3.63, 3.8) is 0 Å². The van der Waals surface area contributed by atoms with Gasteiger partial charge in [0.05, 0.1) is 6.54 Å². The Bertz CT molecular complexity index is 805. The molecule has 1 atom stereocenters. The number of rotatable bonds is 6. The number of benzene rings is 2. The van der Waals surface area contributed by atoms with Crippen molar-refractivity contribution in [2.45, 2.75) is 32.3 Å². The van der Waals surface area contributed by atoms with Crippen LogP contribution in [0, 0.1) is 5.82 Å². The molecule has 2 aromatic rings. The summed E-state index contributed by atoms with van der Waals surface area (Å²) in [6, 6.07) is 13.5. The van der Waals surface area contributed by atoms with Gasteiger partial charge in [-0.1, -0.05) is 44.2 Å². The molecule has 0 radical (unpaired) electrons. The van der Waals surface area contributed by atoms with Crippen molar-refractivity contribution in [3.05, 3.63) is 65.5 Å². The van der Waals surface area contributed by atoms with Gasteiger partial charge < -0.3 is 15.4 Å². The van der Waals surface area contributed by atoms with E-state index in [1.54, 1.807) is 37.3 Å². The van der Waals surface area contributed by atoms with E-state index in [1.165, 1.54) is 13.2 Å². The normalized spacial score (nSPS) is 13.1. The molecule has 0 bridgehead atoms. The number of halogens is 1. The van der Waals surface area contributed by atoms with Crippen LogP contribution < -0.4 is 10.6 Å². The van der Waals surface area contributed by atoms with Crippen LogP contribution in [-0.2, 0) is 19.9 Å². The van der Waals surface area contributed by atoms with Gasteiger partial charge in [-0.3, -0.25) is 9.59 Å². The summed E-state index contributed by atoms with van der Waals surface area (Å²) < 4.78 is 19.5. The van der Waals surface area contributed by atoms with Crippen LogP contribution in [0.2, 0.25) is 0 Å². The quantitative estimate of drug-likeness (QED) is 0.762. The number of anilines is 1. The van der Waals surface area contributed by atoms with Gasteiger partial charge in [-0.25, -0.2) is 4.39 Å². The first-order valence-electron chi connectivity index (χ1n) is 8.76. The van der Waals surface area contributed by atoms with Crippen LogP contribution in [0.5, 0.6) is 0 Å². The lowest BCUT2D eigenvalue weighted by atomic mass is 9.95. The summed E-state index contributed by atoms with van der Waals surface area (Å²) in [5, 5.41) is 5.05. The highest BCUT2D eigenvalue weighted by Gasteiger charge is 2.30. The molecule has 2 N–H and O–H groups in total. The lowest BCUT2D eigenvalue weighted by molar-refractivity contribution is -0.137. The molecule has 0 aliphatic heterocycles. The molecule has 0 aliphatic carbocycles. The van der Waals surface area contributed by atoms with Crippen molar-refractivity contribution < 1.29 is 18.7 Å². The molecule has 6 heteroatoms. The smallest absolute Gasteiger partial charge is 0.313 e. The van der Waals surface area contributed by atoms with Crippen LogP contribution in [0.25, 0.3) is 0 Å². The summed E-state index contributed by atoms with van der Waals surface area (Å²) in [6.07, 6.45) is 0. The van der Waals surface area contributed by atoms with E-state index in [9.17, 15) is 14.0 Å². The van der Waals surface area contributed by atoms with Gasteiger partial charge in [0.25, 0.3) is 0 Å². The number of amides is 2. The van der Waals surface area contributed by atoms with Crippen molar-refractivity contribution in [1.29, 1.82) is 0 Å². The van der Waals surface area contributed by atoms with Crippen molar-refractivity contribution in [1.82, 2.24) is 5.32 Å². The zero-order valence-corrected chi connectivity index (χ0v) is 16.0. The molecule has 0 heterocycles. The summed E-state index contributed by atoms with van der Waals surface area (Å²) in [5.41, 5.74) is 0.874. The Kier molecular flexibility index (Phi) is 6.69. The van der Waals surface area contributed by atoms with E-state index < -0.39 is 23.2 Å². The minimum atomic E-state index is -1.10. The fraction of sp³-hybridized carbons (Fsp3) is 0.333. The lowest BCUT2D eigenvalue weighted by Crippen LogP contribution is -2.44. The van der Waals surface area contributed by atoms with E-state index in [0.717, 1.165) is 5.56 Å². The van der Waals surface area contributed by atoms with Gasteiger partial charge in [0.1, 0.15) is 11.4 Å². The predicted molar refractivity (Wildman–Crippen MR) is 103 cm³/mol. The molecule has 1 unspecified atom stereocenters. The molecule has 0 spiro atoms. The maximum absolute atomic E-state index is 14.1. The van der Waals surface area contributed by atoms with E-state index in [4.69, 9.17) is 4.74 Å². The van der Waals surface area contributed by atoms with Gasteiger partial charge in [0.2, 0.25) is 0 Å². The molecule has 144 valence electrons. The number of hydrogen-bond donors (Lipinski definition) is 2. The first kappa shape index (κ1) is 20.6. The van der Waals surface area contributed by atoms with Crippen LogP contribution >= 0.6 is 0 Å². The van der Waals surface area contributed by atoms with Crippen LogP contribution in [0.3, 0.4) is 0 Å². The summed E-state index contributed by atoms with van der Waals surface area (Å²) in [4.78, 5) is 24.2. The molecule has 5 nitrogen and oxygen atoms in total. The third kappa shape index (κ3) is 5.14. The summed E-state index contributed by atoms with van der Waals surface area (Å²) in [7, 11) is 1.43. The molecule has 2 amide bonds. The molecule has 0 fully saturated rings. The second kappa shape index (κ2) is 8.77. The monoisotopic (exact) mass is 372 g/mol. The topological polar surface area (TPSA) is 67.4 Å². The Balaban J connectivity index is 1.99. The van der Waals surface area contributed by atoms with Crippen molar-refractivity contribution in [2.24, 2.45) is 0 Å². The molecular weight excluding hydrogens is 347 g/mol. The number of ether oxygens (including phenoxy) is 1. The molecular formula is C21H25FN2O3.